The lowest BCUT2D eigenvalue weighted by molar-refractivity contribution is -0.146. The molecular weight excluding hydrogens is 234 g/mol. The number of rotatable bonds is 2. The molecule has 2 fully saturated rings. The van der Waals surface area contributed by atoms with E-state index in [1.165, 1.54) is 31.2 Å². The third-order valence-electron chi connectivity index (χ3n) is 5.08. The summed E-state index contributed by atoms with van der Waals surface area (Å²) in [4.78, 5) is 14.5. The van der Waals surface area contributed by atoms with Gasteiger partial charge in [0.1, 0.15) is 0 Å². The Morgan fingerprint density at radius 2 is 2.00 bits per heavy atom. The largest absolute Gasteiger partial charge is 0.335 e. The number of fused-ring (bicyclic) bond motifs is 1. The normalized spacial score (nSPS) is 31.1. The second-order valence-corrected chi connectivity index (χ2v) is 6.42. The predicted molar refractivity (Wildman–Crippen MR) is 76.6 cm³/mol. The van der Waals surface area contributed by atoms with Gasteiger partial charge in [-0.25, -0.2) is 0 Å². The van der Waals surface area contributed by atoms with Crippen LogP contribution in [0.4, 0.5) is 0 Å². The van der Waals surface area contributed by atoms with E-state index in [0.29, 0.717) is 17.4 Å². The molecule has 1 aromatic carbocycles. The van der Waals surface area contributed by atoms with Crippen molar-refractivity contribution < 1.29 is 4.79 Å². The summed E-state index contributed by atoms with van der Waals surface area (Å²) in [5, 5.41) is 0. The van der Waals surface area contributed by atoms with E-state index in [1.54, 1.807) is 0 Å². The van der Waals surface area contributed by atoms with Gasteiger partial charge >= 0.3 is 0 Å². The molecule has 0 aromatic heterocycles. The Labute approximate surface area is 115 Å². The molecule has 3 rings (SSSR count). The summed E-state index contributed by atoms with van der Waals surface area (Å²) >= 11 is 0. The summed E-state index contributed by atoms with van der Waals surface area (Å²) in [6.45, 7) is 3.18. The van der Waals surface area contributed by atoms with Crippen molar-refractivity contribution in [2.24, 2.45) is 5.41 Å². The van der Waals surface area contributed by atoms with Crippen LogP contribution in [-0.4, -0.2) is 16.8 Å². The van der Waals surface area contributed by atoms with Gasteiger partial charge in [0.25, 0.3) is 0 Å². The molecule has 1 aliphatic heterocycles. The molecular formula is C17H23NO. The first-order valence-electron chi connectivity index (χ1n) is 7.52. The molecule has 0 radical (unpaired) electrons. The maximum atomic E-state index is 12.3. The van der Waals surface area contributed by atoms with Crippen LogP contribution in [0.3, 0.4) is 0 Å². The molecule has 2 nitrogen and oxygen atoms in total. The van der Waals surface area contributed by atoms with Gasteiger partial charge in [-0.05, 0) is 30.2 Å². The second kappa shape index (κ2) is 4.99. The van der Waals surface area contributed by atoms with Gasteiger partial charge in [-0.3, -0.25) is 4.79 Å². The number of hydrogen-bond acceptors (Lipinski definition) is 1. The highest BCUT2D eigenvalue weighted by Gasteiger charge is 2.45. The van der Waals surface area contributed by atoms with E-state index in [-0.39, 0.29) is 0 Å². The number of carbonyl (C=O) groups excluding carboxylic acids is 1. The standard InChI is InChI=1S/C17H23NO/c1-17-11-6-5-9-15(17)18(16(19)10-12-17)13-14-7-3-2-4-8-14/h2-4,7-8,15H,5-6,9-13H2,1H3/t15-,17+/m1/s1. The van der Waals surface area contributed by atoms with Crippen LogP contribution >= 0.6 is 0 Å². The molecule has 1 aromatic rings. The van der Waals surface area contributed by atoms with Crippen LogP contribution in [0.1, 0.15) is 51.0 Å². The quantitative estimate of drug-likeness (QED) is 0.790. The maximum absolute atomic E-state index is 12.3. The van der Waals surface area contributed by atoms with Crippen molar-refractivity contribution in [1.82, 2.24) is 4.90 Å². The van der Waals surface area contributed by atoms with Crippen molar-refractivity contribution in [2.75, 3.05) is 0 Å². The first-order chi connectivity index (χ1) is 9.19. The zero-order valence-electron chi connectivity index (χ0n) is 11.8. The van der Waals surface area contributed by atoms with Crippen LogP contribution < -0.4 is 0 Å². The molecule has 2 atom stereocenters. The molecule has 19 heavy (non-hydrogen) atoms. The molecule has 0 spiro atoms. The lowest BCUT2D eigenvalue weighted by Gasteiger charge is -2.51. The SMILES string of the molecule is C[C@@]12CCCC[C@H]1N(Cc1ccccc1)C(=O)CC2. The van der Waals surface area contributed by atoms with Crippen LogP contribution in [0.2, 0.25) is 0 Å². The summed E-state index contributed by atoms with van der Waals surface area (Å²) in [5.74, 6) is 0.355. The van der Waals surface area contributed by atoms with Crippen molar-refractivity contribution >= 4 is 5.91 Å². The molecule has 0 unspecified atom stereocenters. The summed E-state index contributed by atoms with van der Waals surface area (Å²) in [6.07, 6.45) is 6.91. The number of benzene rings is 1. The minimum absolute atomic E-state index is 0.355. The van der Waals surface area contributed by atoms with E-state index in [4.69, 9.17) is 0 Å². The molecule has 2 heteroatoms. The van der Waals surface area contributed by atoms with Crippen LogP contribution in [0.15, 0.2) is 30.3 Å². The number of amides is 1. The molecule has 1 saturated carbocycles. The van der Waals surface area contributed by atoms with Crippen LogP contribution in [0, 0.1) is 5.41 Å². The molecule has 102 valence electrons. The Morgan fingerprint density at radius 1 is 1.21 bits per heavy atom. The summed E-state index contributed by atoms with van der Waals surface area (Å²) < 4.78 is 0. The van der Waals surface area contributed by atoms with Crippen molar-refractivity contribution in [1.29, 1.82) is 0 Å². The fourth-order valence-corrected chi connectivity index (χ4v) is 3.89. The Hall–Kier alpha value is -1.31. The van der Waals surface area contributed by atoms with Gasteiger partial charge in [-0.15, -0.1) is 0 Å². The third-order valence-corrected chi connectivity index (χ3v) is 5.08. The number of nitrogens with zero attached hydrogens (tertiary/aromatic N) is 1. The number of piperidine rings is 1. The lowest BCUT2D eigenvalue weighted by Crippen LogP contribution is -2.54. The monoisotopic (exact) mass is 257 g/mol. The maximum Gasteiger partial charge on any atom is 0.223 e. The molecule has 1 amide bonds. The number of carbonyl (C=O) groups is 1. The Bertz CT molecular complexity index is 456. The fourth-order valence-electron chi connectivity index (χ4n) is 3.89. The van der Waals surface area contributed by atoms with E-state index in [9.17, 15) is 4.79 Å². The third kappa shape index (κ3) is 2.41. The average Bonchev–Trinajstić information content (AvgIpc) is 2.44. The predicted octanol–water partition coefficient (Wildman–Crippen LogP) is 3.76. The van der Waals surface area contributed by atoms with E-state index < -0.39 is 0 Å². The second-order valence-electron chi connectivity index (χ2n) is 6.42. The highest BCUT2D eigenvalue weighted by Crippen LogP contribution is 2.46. The van der Waals surface area contributed by atoms with Gasteiger partial charge in [0.15, 0.2) is 0 Å². The molecule has 2 aliphatic rings. The van der Waals surface area contributed by atoms with E-state index in [1.807, 2.05) is 6.07 Å². The van der Waals surface area contributed by atoms with E-state index in [2.05, 4.69) is 36.1 Å². The molecule has 1 saturated heterocycles. The van der Waals surface area contributed by atoms with Crippen LogP contribution in [0.25, 0.3) is 0 Å². The molecule has 1 heterocycles. The smallest absolute Gasteiger partial charge is 0.223 e. The average molecular weight is 257 g/mol. The van der Waals surface area contributed by atoms with Crippen molar-refractivity contribution in [3.8, 4) is 0 Å². The molecule has 0 bridgehead atoms. The van der Waals surface area contributed by atoms with Gasteiger partial charge in [-0.2, -0.15) is 0 Å². The highest BCUT2D eigenvalue weighted by molar-refractivity contribution is 5.77. The number of hydrogen-bond donors (Lipinski definition) is 0. The zero-order chi connectivity index (χ0) is 13.3. The van der Waals surface area contributed by atoms with Crippen molar-refractivity contribution in [2.45, 2.75) is 58.0 Å². The van der Waals surface area contributed by atoms with Crippen LogP contribution in [0.5, 0.6) is 0 Å². The minimum atomic E-state index is 0.355. The summed E-state index contributed by atoms with van der Waals surface area (Å²) in [7, 11) is 0. The van der Waals surface area contributed by atoms with Gasteiger partial charge in [0.05, 0.1) is 0 Å². The van der Waals surface area contributed by atoms with Crippen molar-refractivity contribution in [3.63, 3.8) is 0 Å². The highest BCUT2D eigenvalue weighted by atomic mass is 16.2. The molecule has 0 N–H and O–H groups in total. The summed E-state index contributed by atoms with van der Waals surface area (Å²) in [5.41, 5.74) is 1.62. The number of likely N-dealkylation sites (tertiary alicyclic amines) is 1. The topological polar surface area (TPSA) is 20.3 Å². The van der Waals surface area contributed by atoms with Gasteiger partial charge in [-0.1, -0.05) is 50.1 Å². The fraction of sp³-hybridized carbons (Fsp3) is 0.588. The molecule has 1 aliphatic carbocycles. The van der Waals surface area contributed by atoms with Gasteiger partial charge in [0, 0.05) is 19.0 Å². The van der Waals surface area contributed by atoms with Gasteiger partial charge in [0.2, 0.25) is 5.91 Å². The zero-order valence-corrected chi connectivity index (χ0v) is 11.8. The minimum Gasteiger partial charge on any atom is -0.335 e. The summed E-state index contributed by atoms with van der Waals surface area (Å²) in [6, 6.07) is 10.9. The lowest BCUT2D eigenvalue weighted by atomic mass is 9.66. The van der Waals surface area contributed by atoms with Crippen molar-refractivity contribution in [3.05, 3.63) is 35.9 Å². The van der Waals surface area contributed by atoms with E-state index >= 15 is 0 Å². The Balaban J connectivity index is 1.83. The Kier molecular flexibility index (Phi) is 3.34. The Morgan fingerprint density at radius 3 is 2.79 bits per heavy atom. The van der Waals surface area contributed by atoms with Crippen LogP contribution in [-0.2, 0) is 11.3 Å². The van der Waals surface area contributed by atoms with Gasteiger partial charge < -0.3 is 4.90 Å². The van der Waals surface area contributed by atoms with E-state index in [0.717, 1.165) is 19.4 Å². The first kappa shape index (κ1) is 12.7. The first-order valence-corrected chi connectivity index (χ1v) is 7.52.